The SMILES string of the molecule is NC1CC(NC(CO)c2ccccc2)c2ccccc21. The maximum absolute atomic E-state index is 9.66. The summed E-state index contributed by atoms with van der Waals surface area (Å²) in [6.45, 7) is 0.0813. The topological polar surface area (TPSA) is 58.3 Å². The van der Waals surface area contributed by atoms with E-state index >= 15 is 0 Å². The molecule has 3 heteroatoms. The molecule has 3 rings (SSSR count). The Labute approximate surface area is 119 Å². The minimum absolute atomic E-state index is 0.0560. The number of rotatable bonds is 4. The maximum Gasteiger partial charge on any atom is 0.0626 e. The van der Waals surface area contributed by atoms with Crippen LogP contribution < -0.4 is 11.1 Å². The normalized spacial score (nSPS) is 22.5. The number of aliphatic hydroxyl groups excluding tert-OH is 1. The molecule has 0 saturated heterocycles. The van der Waals surface area contributed by atoms with Crippen molar-refractivity contribution in [3.8, 4) is 0 Å². The summed E-state index contributed by atoms with van der Waals surface area (Å²) in [5, 5.41) is 13.2. The smallest absolute Gasteiger partial charge is 0.0626 e. The average Bonchev–Trinajstić information content (AvgIpc) is 2.82. The highest BCUT2D eigenvalue weighted by atomic mass is 16.3. The van der Waals surface area contributed by atoms with Gasteiger partial charge in [0.1, 0.15) is 0 Å². The summed E-state index contributed by atoms with van der Waals surface area (Å²) in [5.74, 6) is 0. The van der Waals surface area contributed by atoms with Gasteiger partial charge < -0.3 is 16.2 Å². The van der Waals surface area contributed by atoms with Gasteiger partial charge in [-0.05, 0) is 23.1 Å². The lowest BCUT2D eigenvalue weighted by Gasteiger charge is -2.22. The fourth-order valence-corrected chi connectivity index (χ4v) is 3.01. The molecule has 0 fully saturated rings. The Morgan fingerprint density at radius 1 is 1.05 bits per heavy atom. The summed E-state index contributed by atoms with van der Waals surface area (Å²) < 4.78 is 0. The highest BCUT2D eigenvalue weighted by Crippen LogP contribution is 2.38. The van der Waals surface area contributed by atoms with Crippen LogP contribution in [0.3, 0.4) is 0 Å². The van der Waals surface area contributed by atoms with Crippen molar-refractivity contribution in [3.05, 3.63) is 71.3 Å². The highest BCUT2D eigenvalue weighted by Gasteiger charge is 2.29. The Hall–Kier alpha value is -1.68. The van der Waals surface area contributed by atoms with E-state index in [9.17, 15) is 5.11 Å². The van der Waals surface area contributed by atoms with Crippen LogP contribution >= 0.6 is 0 Å². The fourth-order valence-electron chi connectivity index (χ4n) is 3.01. The molecule has 2 aromatic carbocycles. The van der Waals surface area contributed by atoms with Crippen molar-refractivity contribution in [2.24, 2.45) is 5.73 Å². The first-order chi connectivity index (χ1) is 9.79. The summed E-state index contributed by atoms with van der Waals surface area (Å²) in [6.07, 6.45) is 0.878. The minimum Gasteiger partial charge on any atom is -0.394 e. The van der Waals surface area contributed by atoms with E-state index in [0.29, 0.717) is 0 Å². The van der Waals surface area contributed by atoms with Crippen molar-refractivity contribution in [3.63, 3.8) is 0 Å². The number of fused-ring (bicyclic) bond motifs is 1. The van der Waals surface area contributed by atoms with Crippen LogP contribution in [0.1, 0.15) is 41.2 Å². The van der Waals surface area contributed by atoms with E-state index in [1.165, 1.54) is 11.1 Å². The van der Waals surface area contributed by atoms with Crippen molar-refractivity contribution >= 4 is 0 Å². The molecule has 0 saturated carbocycles. The standard InChI is InChI=1S/C17H20N2O/c18-15-10-16(14-9-5-4-8-13(14)15)19-17(11-20)12-6-2-1-3-7-12/h1-9,15-17,19-20H,10-11,18H2. The molecule has 0 bridgehead atoms. The number of nitrogens with two attached hydrogens (primary N) is 1. The van der Waals surface area contributed by atoms with E-state index in [4.69, 9.17) is 5.73 Å². The second-order valence-corrected chi connectivity index (χ2v) is 5.34. The quantitative estimate of drug-likeness (QED) is 0.798. The van der Waals surface area contributed by atoms with Gasteiger partial charge in [0.05, 0.1) is 12.6 Å². The monoisotopic (exact) mass is 268 g/mol. The molecule has 0 aromatic heterocycles. The predicted molar refractivity (Wildman–Crippen MR) is 80.1 cm³/mol. The van der Waals surface area contributed by atoms with Gasteiger partial charge in [-0.25, -0.2) is 0 Å². The van der Waals surface area contributed by atoms with Gasteiger partial charge >= 0.3 is 0 Å². The van der Waals surface area contributed by atoms with Crippen LogP contribution in [0.5, 0.6) is 0 Å². The molecule has 20 heavy (non-hydrogen) atoms. The van der Waals surface area contributed by atoms with Gasteiger partial charge in [0.2, 0.25) is 0 Å². The molecule has 3 unspecified atom stereocenters. The van der Waals surface area contributed by atoms with Gasteiger partial charge in [0.25, 0.3) is 0 Å². The van der Waals surface area contributed by atoms with E-state index in [-0.39, 0.29) is 24.7 Å². The molecule has 0 heterocycles. The van der Waals surface area contributed by atoms with Gasteiger partial charge in [0, 0.05) is 12.1 Å². The number of hydrogen-bond donors (Lipinski definition) is 3. The van der Waals surface area contributed by atoms with Gasteiger partial charge in [-0.2, -0.15) is 0 Å². The first kappa shape index (κ1) is 13.3. The summed E-state index contributed by atoms with van der Waals surface area (Å²) in [4.78, 5) is 0. The van der Waals surface area contributed by atoms with Crippen molar-refractivity contribution < 1.29 is 5.11 Å². The first-order valence-corrected chi connectivity index (χ1v) is 7.06. The van der Waals surface area contributed by atoms with Crippen LogP contribution in [0.15, 0.2) is 54.6 Å². The molecule has 2 aromatic rings. The molecular weight excluding hydrogens is 248 g/mol. The van der Waals surface area contributed by atoms with Crippen LogP contribution in [0.2, 0.25) is 0 Å². The second kappa shape index (κ2) is 5.75. The van der Waals surface area contributed by atoms with Crippen molar-refractivity contribution in [2.75, 3.05) is 6.61 Å². The number of hydrogen-bond acceptors (Lipinski definition) is 3. The third-order valence-electron chi connectivity index (χ3n) is 4.05. The Morgan fingerprint density at radius 3 is 2.40 bits per heavy atom. The third kappa shape index (κ3) is 2.48. The Balaban J connectivity index is 1.81. The van der Waals surface area contributed by atoms with Crippen LogP contribution in [0, 0.1) is 0 Å². The lowest BCUT2D eigenvalue weighted by molar-refractivity contribution is 0.231. The molecular formula is C17H20N2O. The van der Waals surface area contributed by atoms with Gasteiger partial charge in [-0.15, -0.1) is 0 Å². The van der Waals surface area contributed by atoms with Crippen LogP contribution in [0.25, 0.3) is 0 Å². The van der Waals surface area contributed by atoms with E-state index < -0.39 is 0 Å². The lowest BCUT2D eigenvalue weighted by atomic mass is 10.0. The van der Waals surface area contributed by atoms with E-state index in [0.717, 1.165) is 12.0 Å². The van der Waals surface area contributed by atoms with E-state index in [1.807, 2.05) is 42.5 Å². The zero-order chi connectivity index (χ0) is 13.9. The number of benzene rings is 2. The first-order valence-electron chi connectivity index (χ1n) is 7.06. The summed E-state index contributed by atoms with van der Waals surface area (Å²) in [6, 6.07) is 18.6. The minimum atomic E-state index is -0.0560. The number of aliphatic hydroxyl groups is 1. The molecule has 0 amide bonds. The van der Waals surface area contributed by atoms with Crippen molar-refractivity contribution in [1.82, 2.24) is 5.32 Å². The van der Waals surface area contributed by atoms with Crippen molar-refractivity contribution in [2.45, 2.75) is 24.5 Å². The molecule has 0 aliphatic heterocycles. The maximum atomic E-state index is 9.66. The fraction of sp³-hybridized carbons (Fsp3) is 0.294. The summed E-state index contributed by atoms with van der Waals surface area (Å²) >= 11 is 0. The van der Waals surface area contributed by atoms with E-state index in [2.05, 4.69) is 17.4 Å². The Bertz CT molecular complexity index is 570. The molecule has 0 spiro atoms. The summed E-state index contributed by atoms with van der Waals surface area (Å²) in [7, 11) is 0. The molecule has 3 nitrogen and oxygen atoms in total. The second-order valence-electron chi connectivity index (χ2n) is 5.34. The van der Waals surface area contributed by atoms with Gasteiger partial charge in [-0.1, -0.05) is 54.6 Å². The summed E-state index contributed by atoms with van der Waals surface area (Å²) in [5.41, 5.74) is 9.77. The third-order valence-corrected chi connectivity index (χ3v) is 4.05. The molecule has 104 valence electrons. The van der Waals surface area contributed by atoms with Gasteiger partial charge in [0.15, 0.2) is 0 Å². The molecule has 1 aliphatic carbocycles. The Morgan fingerprint density at radius 2 is 1.70 bits per heavy atom. The predicted octanol–water partition coefficient (Wildman–Crippen LogP) is 2.45. The largest absolute Gasteiger partial charge is 0.394 e. The number of nitrogens with one attached hydrogen (secondary N) is 1. The van der Waals surface area contributed by atoms with E-state index in [1.54, 1.807) is 0 Å². The molecule has 0 radical (unpaired) electrons. The lowest BCUT2D eigenvalue weighted by Crippen LogP contribution is -2.28. The van der Waals surface area contributed by atoms with Gasteiger partial charge in [-0.3, -0.25) is 0 Å². The highest BCUT2D eigenvalue weighted by molar-refractivity contribution is 5.37. The van der Waals surface area contributed by atoms with Crippen LogP contribution in [-0.4, -0.2) is 11.7 Å². The van der Waals surface area contributed by atoms with Crippen molar-refractivity contribution in [1.29, 1.82) is 0 Å². The zero-order valence-electron chi connectivity index (χ0n) is 11.4. The molecule has 3 atom stereocenters. The molecule has 4 N–H and O–H groups in total. The van der Waals surface area contributed by atoms with Crippen LogP contribution in [-0.2, 0) is 0 Å². The van der Waals surface area contributed by atoms with Crippen LogP contribution in [0.4, 0.5) is 0 Å². The zero-order valence-corrected chi connectivity index (χ0v) is 11.4. The average molecular weight is 268 g/mol. The molecule has 1 aliphatic rings. The Kier molecular flexibility index (Phi) is 3.83.